The second kappa shape index (κ2) is 14.3. The molecule has 2 fully saturated rings. The molecule has 0 atom stereocenters. The van der Waals surface area contributed by atoms with Crippen molar-refractivity contribution >= 4 is 35.2 Å². The average molecular weight is 659 g/mol. The van der Waals surface area contributed by atoms with Crippen molar-refractivity contribution in [3.05, 3.63) is 77.8 Å². The molecule has 0 aliphatic carbocycles. The van der Waals surface area contributed by atoms with E-state index in [2.05, 4.69) is 9.97 Å². The number of halogens is 1. The predicted molar refractivity (Wildman–Crippen MR) is 168 cm³/mol. The summed E-state index contributed by atoms with van der Waals surface area (Å²) in [4.78, 5) is 63.4. The van der Waals surface area contributed by atoms with Gasteiger partial charge in [-0.1, -0.05) is 23.7 Å². The van der Waals surface area contributed by atoms with Crippen LogP contribution in [0.15, 0.2) is 33.9 Å². The number of carbonyl (C=O) groups is 2. The summed E-state index contributed by atoms with van der Waals surface area (Å²) >= 11 is 6.16. The standard InChI is InChI=1S/C31H35ClN4O10/c1-3-45-30(41)22-24(37)20(28(39)33-26(22)35-9-13-43-14-10-35)19(17-5-7-18(32)8-6-17)21-25(38)23(31(42)46-4-2)27(34-29(21)40)36-11-15-44-16-12-36/h5-8,19H,3-4,9-16H2,1-2H3,(H2,33,37,39)(H2,34,38,40). The summed E-state index contributed by atoms with van der Waals surface area (Å²) < 4.78 is 21.3. The van der Waals surface area contributed by atoms with Crippen molar-refractivity contribution in [1.29, 1.82) is 0 Å². The Balaban J connectivity index is 1.82. The zero-order chi connectivity index (χ0) is 33.0. The van der Waals surface area contributed by atoms with E-state index in [1.165, 1.54) is 24.3 Å². The molecule has 14 nitrogen and oxygen atoms in total. The Bertz CT molecular complexity index is 1610. The Kier molecular flexibility index (Phi) is 10.2. The minimum atomic E-state index is -1.50. The minimum absolute atomic E-state index is 0.0239. The van der Waals surface area contributed by atoms with Gasteiger partial charge in [-0.05, 0) is 31.5 Å². The number of aromatic hydroxyl groups is 2. The third-order valence-corrected chi connectivity index (χ3v) is 8.06. The number of H-pyrrole nitrogens is 2. The van der Waals surface area contributed by atoms with Gasteiger partial charge < -0.3 is 48.9 Å². The van der Waals surface area contributed by atoms with Crippen molar-refractivity contribution in [1.82, 2.24) is 9.97 Å². The lowest BCUT2D eigenvalue weighted by atomic mass is 9.83. The van der Waals surface area contributed by atoms with Gasteiger partial charge in [0.2, 0.25) is 0 Å². The van der Waals surface area contributed by atoms with E-state index in [1.807, 2.05) is 0 Å². The molecule has 0 saturated carbocycles. The normalized spacial score (nSPS) is 15.2. The second-order valence-electron chi connectivity index (χ2n) is 10.5. The number of aromatic nitrogens is 2. The van der Waals surface area contributed by atoms with Crippen LogP contribution in [0.4, 0.5) is 11.6 Å². The van der Waals surface area contributed by atoms with E-state index >= 15 is 0 Å². The average Bonchev–Trinajstić information content (AvgIpc) is 3.05. The summed E-state index contributed by atoms with van der Waals surface area (Å²) in [5, 5.41) is 24.0. The SMILES string of the molecule is CCOC(=O)c1c(N2CCOCC2)[nH]c(=O)c(C(c2ccc(Cl)cc2)c2c(O)c(C(=O)OCC)c(N3CCOCC3)[nH]c2=O)c1O. The lowest BCUT2D eigenvalue weighted by Gasteiger charge is -2.31. The largest absolute Gasteiger partial charge is 0.506 e. The van der Waals surface area contributed by atoms with Crippen LogP contribution < -0.4 is 20.9 Å². The van der Waals surface area contributed by atoms with Gasteiger partial charge in [0.05, 0.1) is 56.7 Å². The number of esters is 2. The van der Waals surface area contributed by atoms with Crippen molar-refractivity contribution in [3.8, 4) is 11.5 Å². The van der Waals surface area contributed by atoms with Gasteiger partial charge in [-0.25, -0.2) is 9.59 Å². The van der Waals surface area contributed by atoms with E-state index in [0.717, 1.165) is 0 Å². The fourth-order valence-corrected chi connectivity index (χ4v) is 5.82. The number of nitrogens with zero attached hydrogens (tertiary/aromatic N) is 2. The maximum Gasteiger partial charge on any atom is 0.345 e. The van der Waals surface area contributed by atoms with Crippen molar-refractivity contribution in [2.75, 3.05) is 75.6 Å². The summed E-state index contributed by atoms with van der Waals surface area (Å²) in [6.45, 7) is 5.65. The number of hydrogen-bond donors (Lipinski definition) is 4. The smallest absolute Gasteiger partial charge is 0.345 e. The van der Waals surface area contributed by atoms with Crippen molar-refractivity contribution in [2.45, 2.75) is 19.8 Å². The molecule has 5 rings (SSSR count). The summed E-state index contributed by atoms with van der Waals surface area (Å²) in [5.41, 5.74) is -2.97. The van der Waals surface area contributed by atoms with Gasteiger partial charge in [0.1, 0.15) is 34.3 Å². The van der Waals surface area contributed by atoms with Crippen LogP contribution in [0, 0.1) is 0 Å². The van der Waals surface area contributed by atoms with Crippen LogP contribution >= 0.6 is 11.6 Å². The number of anilines is 2. The quantitative estimate of drug-likeness (QED) is 0.247. The molecule has 1 aromatic carbocycles. The lowest BCUT2D eigenvalue weighted by Crippen LogP contribution is -2.40. The number of morpholine rings is 2. The summed E-state index contributed by atoms with van der Waals surface area (Å²) in [5.74, 6) is -4.78. The Labute approximate surface area is 268 Å². The zero-order valence-corrected chi connectivity index (χ0v) is 26.1. The molecule has 246 valence electrons. The van der Waals surface area contributed by atoms with Crippen LogP contribution in [0.2, 0.25) is 5.02 Å². The third kappa shape index (κ3) is 6.41. The van der Waals surface area contributed by atoms with Gasteiger partial charge in [-0.15, -0.1) is 0 Å². The molecule has 15 heteroatoms. The number of benzene rings is 1. The zero-order valence-electron chi connectivity index (χ0n) is 25.4. The molecule has 2 saturated heterocycles. The second-order valence-corrected chi connectivity index (χ2v) is 10.9. The van der Waals surface area contributed by atoms with Gasteiger partial charge in [0.25, 0.3) is 11.1 Å². The fraction of sp³-hybridized carbons (Fsp3) is 0.419. The van der Waals surface area contributed by atoms with Crippen LogP contribution in [0.25, 0.3) is 0 Å². The summed E-state index contributed by atoms with van der Waals surface area (Å²) in [6.07, 6.45) is 0. The highest BCUT2D eigenvalue weighted by Gasteiger charge is 2.37. The minimum Gasteiger partial charge on any atom is -0.506 e. The molecular weight excluding hydrogens is 624 g/mol. The first-order valence-electron chi connectivity index (χ1n) is 14.9. The number of nitrogens with one attached hydrogen (secondary N) is 2. The highest BCUT2D eigenvalue weighted by atomic mass is 35.5. The van der Waals surface area contributed by atoms with Gasteiger partial charge in [-0.3, -0.25) is 9.59 Å². The van der Waals surface area contributed by atoms with E-state index in [-0.39, 0.29) is 41.5 Å². The molecule has 0 amide bonds. The highest BCUT2D eigenvalue weighted by Crippen LogP contribution is 2.43. The van der Waals surface area contributed by atoms with Gasteiger partial charge in [0, 0.05) is 31.2 Å². The van der Waals surface area contributed by atoms with E-state index in [4.69, 9.17) is 30.5 Å². The van der Waals surface area contributed by atoms with Crippen LogP contribution in [-0.2, 0) is 18.9 Å². The molecule has 0 radical (unpaired) electrons. The van der Waals surface area contributed by atoms with Crippen LogP contribution in [0.1, 0.15) is 57.2 Å². The summed E-state index contributed by atoms with van der Waals surface area (Å²) in [6, 6.07) is 6.02. The number of hydrogen-bond acceptors (Lipinski definition) is 12. The molecule has 2 aromatic heterocycles. The Morgan fingerprint density at radius 2 is 1.17 bits per heavy atom. The Morgan fingerprint density at radius 1 is 0.783 bits per heavy atom. The Hall–Kier alpha value is -4.53. The predicted octanol–water partition coefficient (Wildman–Crippen LogP) is 2.33. The molecule has 0 unspecified atom stereocenters. The monoisotopic (exact) mass is 658 g/mol. The van der Waals surface area contributed by atoms with E-state index in [9.17, 15) is 29.4 Å². The van der Waals surface area contributed by atoms with Crippen molar-refractivity contribution in [2.24, 2.45) is 0 Å². The topological polar surface area (TPSA) is 184 Å². The molecule has 4 N–H and O–H groups in total. The highest BCUT2D eigenvalue weighted by molar-refractivity contribution is 6.30. The maximum absolute atomic E-state index is 14.0. The molecule has 2 aliphatic rings. The maximum atomic E-state index is 14.0. The van der Waals surface area contributed by atoms with Crippen molar-refractivity contribution < 1.29 is 38.7 Å². The molecule has 2 aliphatic heterocycles. The first-order chi connectivity index (χ1) is 22.2. The van der Waals surface area contributed by atoms with E-state index in [1.54, 1.807) is 23.6 Å². The number of rotatable bonds is 9. The molecule has 0 bridgehead atoms. The van der Waals surface area contributed by atoms with Gasteiger partial charge in [0.15, 0.2) is 0 Å². The number of aromatic amines is 2. The van der Waals surface area contributed by atoms with Crippen LogP contribution in [0.3, 0.4) is 0 Å². The fourth-order valence-electron chi connectivity index (χ4n) is 5.69. The molecule has 4 heterocycles. The van der Waals surface area contributed by atoms with Gasteiger partial charge >= 0.3 is 11.9 Å². The van der Waals surface area contributed by atoms with Crippen LogP contribution in [0.5, 0.6) is 11.5 Å². The van der Waals surface area contributed by atoms with Crippen LogP contribution in [-0.4, -0.2) is 97.9 Å². The number of carbonyl (C=O) groups excluding carboxylic acids is 2. The molecule has 3 aromatic rings. The molecule has 46 heavy (non-hydrogen) atoms. The first kappa shape index (κ1) is 32.9. The Morgan fingerprint density at radius 3 is 1.54 bits per heavy atom. The third-order valence-electron chi connectivity index (χ3n) is 7.80. The van der Waals surface area contributed by atoms with E-state index in [0.29, 0.717) is 57.6 Å². The lowest BCUT2D eigenvalue weighted by molar-refractivity contribution is 0.0512. The molecule has 0 spiro atoms. The molecular formula is C31H35ClN4O10. The first-order valence-corrected chi connectivity index (χ1v) is 15.3. The van der Waals surface area contributed by atoms with Gasteiger partial charge in [-0.2, -0.15) is 0 Å². The van der Waals surface area contributed by atoms with Crippen molar-refractivity contribution in [3.63, 3.8) is 0 Å². The number of ether oxygens (including phenoxy) is 4. The summed E-state index contributed by atoms with van der Waals surface area (Å²) in [7, 11) is 0. The van der Waals surface area contributed by atoms with E-state index < -0.39 is 51.6 Å². The number of pyridine rings is 2.